The zero-order valence-electron chi connectivity index (χ0n) is 9.90. The molecule has 0 saturated carbocycles. The molecule has 2 aromatic rings. The molecule has 0 spiro atoms. The fourth-order valence-corrected chi connectivity index (χ4v) is 1.98. The number of amides is 1. The lowest BCUT2D eigenvalue weighted by Gasteiger charge is -2.02. The molecule has 9 nitrogen and oxygen atoms in total. The first-order valence-corrected chi connectivity index (χ1v) is 6.15. The third kappa shape index (κ3) is 3.10. The number of hydrogen-bond acceptors (Lipinski definition) is 7. The van der Waals surface area contributed by atoms with E-state index in [4.69, 9.17) is 5.11 Å². The van der Waals surface area contributed by atoms with Crippen LogP contribution in [0.5, 0.6) is 0 Å². The molecular weight excluding hydrogens is 272 g/mol. The number of aryl methyl sites for hydroxylation is 1. The molecule has 2 aromatic heterocycles. The van der Waals surface area contributed by atoms with Crippen molar-refractivity contribution >= 4 is 28.3 Å². The highest BCUT2D eigenvalue weighted by Gasteiger charge is 2.15. The Morgan fingerprint density at radius 3 is 2.89 bits per heavy atom. The molecule has 1 amide bonds. The predicted molar refractivity (Wildman–Crippen MR) is 64.9 cm³/mol. The smallest absolute Gasteiger partial charge is 0.355 e. The third-order valence-electron chi connectivity index (χ3n) is 2.15. The summed E-state index contributed by atoms with van der Waals surface area (Å²) in [6, 6.07) is 0. The number of carboxylic acids is 1. The van der Waals surface area contributed by atoms with Crippen LogP contribution in [-0.2, 0) is 17.8 Å². The zero-order valence-corrected chi connectivity index (χ0v) is 10.7. The van der Waals surface area contributed by atoms with E-state index in [2.05, 4.69) is 25.8 Å². The van der Waals surface area contributed by atoms with Gasteiger partial charge in [-0.15, -0.1) is 15.3 Å². The fraction of sp³-hybridized carbons (Fsp3) is 0.333. The van der Waals surface area contributed by atoms with Gasteiger partial charge in [-0.1, -0.05) is 23.5 Å². The maximum absolute atomic E-state index is 11.7. The maximum atomic E-state index is 11.7. The van der Waals surface area contributed by atoms with Crippen LogP contribution in [0.15, 0.2) is 6.20 Å². The Kier molecular flexibility index (Phi) is 3.80. The molecule has 0 fully saturated rings. The Morgan fingerprint density at radius 1 is 1.47 bits per heavy atom. The van der Waals surface area contributed by atoms with Gasteiger partial charge in [0.05, 0.1) is 6.20 Å². The fourth-order valence-electron chi connectivity index (χ4n) is 1.28. The molecule has 0 radical (unpaired) electrons. The number of nitrogens with zero attached hydrogens (tertiary/aromatic N) is 5. The van der Waals surface area contributed by atoms with Gasteiger partial charge in [-0.3, -0.25) is 10.1 Å². The standard InChI is InChI=1S/C9H10N6O3S/c1-2-7-12-13-9(19-7)11-6(16)4-15-5(8(17)18)3-10-14-15/h3H,2,4H2,1H3,(H,17,18)(H,11,13,16). The summed E-state index contributed by atoms with van der Waals surface area (Å²) in [5.74, 6) is -1.63. The first-order valence-electron chi connectivity index (χ1n) is 5.34. The molecule has 0 aliphatic rings. The van der Waals surface area contributed by atoms with Gasteiger partial charge >= 0.3 is 5.97 Å². The molecule has 0 unspecified atom stereocenters. The monoisotopic (exact) mass is 282 g/mol. The van der Waals surface area contributed by atoms with Crippen molar-refractivity contribution in [1.29, 1.82) is 0 Å². The highest BCUT2D eigenvalue weighted by atomic mass is 32.1. The lowest BCUT2D eigenvalue weighted by molar-refractivity contribution is -0.116. The van der Waals surface area contributed by atoms with E-state index < -0.39 is 11.9 Å². The van der Waals surface area contributed by atoms with Crippen LogP contribution in [0, 0.1) is 0 Å². The van der Waals surface area contributed by atoms with E-state index in [1.807, 2.05) is 6.92 Å². The molecule has 2 N–H and O–H groups in total. The van der Waals surface area contributed by atoms with E-state index in [9.17, 15) is 9.59 Å². The molecular formula is C9H10N6O3S. The van der Waals surface area contributed by atoms with Crippen LogP contribution in [-0.4, -0.2) is 42.2 Å². The number of aromatic carboxylic acids is 1. The Labute approximate surface area is 111 Å². The molecule has 0 aromatic carbocycles. The lowest BCUT2D eigenvalue weighted by atomic mass is 10.4. The Hall–Kier alpha value is -2.36. The Balaban J connectivity index is 2.01. The second kappa shape index (κ2) is 5.52. The van der Waals surface area contributed by atoms with E-state index in [-0.39, 0.29) is 12.2 Å². The summed E-state index contributed by atoms with van der Waals surface area (Å²) in [6.45, 7) is 1.68. The molecule has 0 aliphatic heterocycles. The van der Waals surface area contributed by atoms with Gasteiger partial charge in [0.1, 0.15) is 11.6 Å². The van der Waals surface area contributed by atoms with Crippen molar-refractivity contribution in [3.63, 3.8) is 0 Å². The van der Waals surface area contributed by atoms with Gasteiger partial charge in [0.2, 0.25) is 11.0 Å². The molecule has 0 saturated heterocycles. The number of carbonyl (C=O) groups is 2. The van der Waals surface area contributed by atoms with Crippen LogP contribution < -0.4 is 5.32 Å². The molecule has 19 heavy (non-hydrogen) atoms. The molecule has 2 rings (SSSR count). The van der Waals surface area contributed by atoms with Gasteiger partial charge < -0.3 is 5.11 Å². The SMILES string of the molecule is CCc1nnc(NC(=O)Cn2nncc2C(=O)O)s1. The largest absolute Gasteiger partial charge is 0.476 e. The van der Waals surface area contributed by atoms with Crippen molar-refractivity contribution in [1.82, 2.24) is 25.2 Å². The molecule has 0 atom stereocenters. The number of anilines is 1. The van der Waals surface area contributed by atoms with Crippen LogP contribution in [0.2, 0.25) is 0 Å². The highest BCUT2D eigenvalue weighted by molar-refractivity contribution is 7.15. The Bertz CT molecular complexity index is 607. The average molecular weight is 282 g/mol. The van der Waals surface area contributed by atoms with E-state index >= 15 is 0 Å². The minimum Gasteiger partial charge on any atom is -0.476 e. The van der Waals surface area contributed by atoms with Crippen LogP contribution >= 0.6 is 11.3 Å². The minimum atomic E-state index is -1.19. The predicted octanol–water partition coefficient (Wildman–Crippen LogP) is 0.0289. The van der Waals surface area contributed by atoms with Gasteiger partial charge in [0, 0.05) is 0 Å². The van der Waals surface area contributed by atoms with Crippen molar-refractivity contribution in [3.05, 3.63) is 16.9 Å². The van der Waals surface area contributed by atoms with Gasteiger partial charge in [0.15, 0.2) is 5.69 Å². The average Bonchev–Trinajstić information content (AvgIpc) is 2.97. The molecule has 0 bridgehead atoms. The summed E-state index contributed by atoms with van der Waals surface area (Å²) in [4.78, 5) is 22.5. The second-order valence-corrected chi connectivity index (χ2v) is 4.55. The summed E-state index contributed by atoms with van der Waals surface area (Å²) in [7, 11) is 0. The first kappa shape index (κ1) is 13.1. The van der Waals surface area contributed by atoms with Crippen molar-refractivity contribution in [3.8, 4) is 0 Å². The topological polar surface area (TPSA) is 123 Å². The second-order valence-electron chi connectivity index (χ2n) is 3.48. The van der Waals surface area contributed by atoms with Gasteiger partial charge in [-0.2, -0.15) is 0 Å². The van der Waals surface area contributed by atoms with Crippen LogP contribution in [0.25, 0.3) is 0 Å². The van der Waals surface area contributed by atoms with Crippen LogP contribution in [0.3, 0.4) is 0 Å². The normalized spacial score (nSPS) is 10.4. The summed E-state index contributed by atoms with van der Waals surface area (Å²) >= 11 is 1.27. The Morgan fingerprint density at radius 2 is 2.26 bits per heavy atom. The molecule has 10 heteroatoms. The quantitative estimate of drug-likeness (QED) is 0.792. The van der Waals surface area contributed by atoms with Crippen molar-refractivity contribution in [2.75, 3.05) is 5.32 Å². The van der Waals surface area contributed by atoms with Gasteiger partial charge in [0.25, 0.3) is 0 Å². The van der Waals surface area contributed by atoms with Crippen LogP contribution in [0.4, 0.5) is 5.13 Å². The first-order chi connectivity index (χ1) is 9.10. The number of hydrogen-bond donors (Lipinski definition) is 2. The number of carbonyl (C=O) groups excluding carboxylic acids is 1. The zero-order chi connectivity index (χ0) is 13.8. The number of rotatable bonds is 5. The van der Waals surface area contributed by atoms with E-state index in [0.29, 0.717) is 5.13 Å². The van der Waals surface area contributed by atoms with Gasteiger partial charge in [-0.25, -0.2) is 9.48 Å². The third-order valence-corrected chi connectivity index (χ3v) is 3.13. The van der Waals surface area contributed by atoms with E-state index in [0.717, 1.165) is 22.3 Å². The van der Waals surface area contributed by atoms with Crippen molar-refractivity contribution in [2.45, 2.75) is 19.9 Å². The molecule has 100 valence electrons. The van der Waals surface area contributed by atoms with Crippen molar-refractivity contribution < 1.29 is 14.7 Å². The highest BCUT2D eigenvalue weighted by Crippen LogP contribution is 2.15. The summed E-state index contributed by atoms with van der Waals surface area (Å²) in [5.41, 5.74) is -0.151. The van der Waals surface area contributed by atoms with Crippen LogP contribution in [0.1, 0.15) is 22.4 Å². The summed E-state index contributed by atoms with van der Waals surface area (Å²) in [6.07, 6.45) is 1.82. The lowest BCUT2D eigenvalue weighted by Crippen LogP contribution is -2.22. The van der Waals surface area contributed by atoms with Crippen molar-refractivity contribution in [2.24, 2.45) is 0 Å². The molecule has 0 aliphatic carbocycles. The summed E-state index contributed by atoms with van der Waals surface area (Å²) in [5, 5.41) is 27.2. The number of nitrogens with one attached hydrogen (secondary N) is 1. The maximum Gasteiger partial charge on any atom is 0.355 e. The summed E-state index contributed by atoms with van der Waals surface area (Å²) < 4.78 is 0.999. The van der Waals surface area contributed by atoms with E-state index in [1.54, 1.807) is 0 Å². The molecule has 2 heterocycles. The number of carboxylic acid groups (broad SMARTS) is 1. The van der Waals surface area contributed by atoms with E-state index in [1.165, 1.54) is 11.3 Å². The minimum absolute atomic E-state index is 0.151. The number of aromatic nitrogens is 5. The van der Waals surface area contributed by atoms with Gasteiger partial charge in [-0.05, 0) is 6.42 Å².